The van der Waals surface area contributed by atoms with Gasteiger partial charge in [0.25, 0.3) is 0 Å². The third kappa shape index (κ3) is 2.18. The molecule has 3 heteroatoms. The zero-order valence-electron chi connectivity index (χ0n) is 7.01. The van der Waals surface area contributed by atoms with Crippen LogP contribution in [-0.4, -0.2) is 5.11 Å². The van der Waals surface area contributed by atoms with Gasteiger partial charge in [-0.05, 0) is 44.8 Å². The van der Waals surface area contributed by atoms with Gasteiger partial charge in [0.1, 0.15) is 0 Å². The second-order valence-electron chi connectivity index (χ2n) is 2.91. The van der Waals surface area contributed by atoms with Gasteiger partial charge >= 0.3 is 0 Å². The van der Waals surface area contributed by atoms with E-state index in [4.69, 9.17) is 0 Å². The first-order chi connectivity index (χ1) is 6.36. The molecule has 0 spiro atoms. The molecule has 0 saturated carbocycles. The molecule has 1 N–H and O–H groups in total. The van der Waals surface area contributed by atoms with Gasteiger partial charge in [0, 0.05) is 6.42 Å². The van der Waals surface area contributed by atoms with Crippen molar-refractivity contribution in [3.8, 4) is 0 Å². The molecule has 2 heterocycles. The maximum Gasteiger partial charge on any atom is 0.0838 e. The molecule has 1 unspecified atom stereocenters. The molecule has 1 nitrogen and oxygen atoms in total. The summed E-state index contributed by atoms with van der Waals surface area (Å²) in [5.41, 5.74) is 2.24. The number of aliphatic hydroxyl groups excluding tert-OH is 1. The zero-order valence-corrected chi connectivity index (χ0v) is 8.65. The van der Waals surface area contributed by atoms with Crippen LogP contribution in [0.3, 0.4) is 0 Å². The van der Waals surface area contributed by atoms with Crippen molar-refractivity contribution in [3.05, 3.63) is 44.8 Å². The number of hydrogen-bond donors (Lipinski definition) is 1. The monoisotopic (exact) mass is 210 g/mol. The van der Waals surface area contributed by atoms with Crippen molar-refractivity contribution in [2.24, 2.45) is 0 Å². The van der Waals surface area contributed by atoms with Crippen molar-refractivity contribution in [2.45, 2.75) is 12.5 Å². The lowest BCUT2D eigenvalue weighted by atomic mass is 10.1. The maximum atomic E-state index is 9.79. The summed E-state index contributed by atoms with van der Waals surface area (Å²) < 4.78 is 0. The molecule has 0 aromatic carbocycles. The molecule has 0 fully saturated rings. The van der Waals surface area contributed by atoms with E-state index >= 15 is 0 Å². The summed E-state index contributed by atoms with van der Waals surface area (Å²) in [6.45, 7) is 0. The standard InChI is InChI=1S/C10H10OS2/c11-10(9-2-4-13-7-9)5-8-1-3-12-6-8/h1-4,6-7,10-11H,5H2. The summed E-state index contributed by atoms with van der Waals surface area (Å²) in [6, 6.07) is 4.03. The van der Waals surface area contributed by atoms with Crippen LogP contribution in [0.4, 0.5) is 0 Å². The van der Waals surface area contributed by atoms with Gasteiger partial charge in [0.2, 0.25) is 0 Å². The van der Waals surface area contributed by atoms with Crippen molar-refractivity contribution in [2.75, 3.05) is 0 Å². The summed E-state index contributed by atoms with van der Waals surface area (Å²) in [5, 5.41) is 17.9. The van der Waals surface area contributed by atoms with Crippen LogP contribution >= 0.6 is 22.7 Å². The Balaban J connectivity index is 2.04. The number of hydrogen-bond acceptors (Lipinski definition) is 3. The van der Waals surface area contributed by atoms with Gasteiger partial charge < -0.3 is 5.11 Å². The van der Waals surface area contributed by atoms with Gasteiger partial charge in [-0.25, -0.2) is 0 Å². The highest BCUT2D eigenvalue weighted by Crippen LogP contribution is 2.21. The van der Waals surface area contributed by atoms with E-state index in [2.05, 4.69) is 11.4 Å². The first-order valence-electron chi connectivity index (χ1n) is 4.07. The summed E-state index contributed by atoms with van der Waals surface area (Å²) in [7, 11) is 0. The fourth-order valence-electron chi connectivity index (χ4n) is 1.21. The summed E-state index contributed by atoms with van der Waals surface area (Å²) >= 11 is 3.29. The first kappa shape index (κ1) is 8.94. The Kier molecular flexibility index (Phi) is 2.78. The zero-order chi connectivity index (χ0) is 9.10. The van der Waals surface area contributed by atoms with Crippen molar-refractivity contribution in [3.63, 3.8) is 0 Å². The largest absolute Gasteiger partial charge is 0.388 e. The van der Waals surface area contributed by atoms with E-state index in [1.807, 2.05) is 22.2 Å². The van der Waals surface area contributed by atoms with Gasteiger partial charge in [-0.2, -0.15) is 22.7 Å². The van der Waals surface area contributed by atoms with Crippen molar-refractivity contribution in [1.82, 2.24) is 0 Å². The van der Waals surface area contributed by atoms with E-state index in [0.717, 1.165) is 12.0 Å². The highest BCUT2D eigenvalue weighted by atomic mass is 32.1. The Morgan fingerprint density at radius 3 is 2.54 bits per heavy atom. The van der Waals surface area contributed by atoms with Gasteiger partial charge in [0.05, 0.1) is 6.10 Å². The van der Waals surface area contributed by atoms with Crippen LogP contribution in [-0.2, 0) is 6.42 Å². The van der Waals surface area contributed by atoms with Crippen LogP contribution < -0.4 is 0 Å². The van der Waals surface area contributed by atoms with Gasteiger partial charge in [-0.1, -0.05) is 0 Å². The minimum Gasteiger partial charge on any atom is -0.388 e. The van der Waals surface area contributed by atoms with E-state index in [1.165, 1.54) is 5.56 Å². The number of thiophene rings is 2. The molecule has 0 aliphatic rings. The predicted molar refractivity (Wildman–Crippen MR) is 57.3 cm³/mol. The molecule has 68 valence electrons. The first-order valence-corrected chi connectivity index (χ1v) is 5.96. The molecule has 0 saturated heterocycles. The third-order valence-electron chi connectivity index (χ3n) is 1.94. The van der Waals surface area contributed by atoms with E-state index in [-0.39, 0.29) is 6.10 Å². The molecule has 0 radical (unpaired) electrons. The Bertz CT molecular complexity index is 337. The summed E-state index contributed by atoms with van der Waals surface area (Å²) in [6.07, 6.45) is 0.376. The van der Waals surface area contributed by atoms with Crippen LogP contribution in [0.2, 0.25) is 0 Å². The van der Waals surface area contributed by atoms with E-state index in [9.17, 15) is 5.11 Å². The van der Waals surface area contributed by atoms with Crippen LogP contribution in [0, 0.1) is 0 Å². The molecular weight excluding hydrogens is 200 g/mol. The highest BCUT2D eigenvalue weighted by Gasteiger charge is 2.08. The average molecular weight is 210 g/mol. The predicted octanol–water partition coefficient (Wildman–Crippen LogP) is 3.09. The second kappa shape index (κ2) is 4.05. The lowest BCUT2D eigenvalue weighted by Crippen LogP contribution is -1.98. The topological polar surface area (TPSA) is 20.2 Å². The highest BCUT2D eigenvalue weighted by molar-refractivity contribution is 7.08. The van der Waals surface area contributed by atoms with Gasteiger partial charge in [-0.15, -0.1) is 0 Å². The molecule has 2 aromatic rings. The Labute approximate surface area is 85.3 Å². The fourth-order valence-corrected chi connectivity index (χ4v) is 2.60. The smallest absolute Gasteiger partial charge is 0.0838 e. The molecule has 0 amide bonds. The second-order valence-corrected chi connectivity index (χ2v) is 4.47. The van der Waals surface area contributed by atoms with Gasteiger partial charge in [0.15, 0.2) is 0 Å². The molecule has 13 heavy (non-hydrogen) atoms. The van der Waals surface area contributed by atoms with Crippen LogP contribution in [0.25, 0.3) is 0 Å². The van der Waals surface area contributed by atoms with E-state index in [1.54, 1.807) is 22.7 Å². The average Bonchev–Trinajstić information content (AvgIpc) is 2.74. The Morgan fingerprint density at radius 1 is 1.15 bits per heavy atom. The summed E-state index contributed by atoms with van der Waals surface area (Å²) in [5.74, 6) is 0. The Hall–Kier alpha value is -0.640. The van der Waals surface area contributed by atoms with Crippen molar-refractivity contribution >= 4 is 22.7 Å². The SMILES string of the molecule is OC(Cc1ccsc1)c1ccsc1. The Morgan fingerprint density at radius 2 is 1.92 bits per heavy atom. The lowest BCUT2D eigenvalue weighted by molar-refractivity contribution is 0.179. The number of rotatable bonds is 3. The third-order valence-corrected chi connectivity index (χ3v) is 3.37. The normalized spacial score (nSPS) is 13.0. The lowest BCUT2D eigenvalue weighted by Gasteiger charge is -2.06. The minimum absolute atomic E-state index is 0.346. The quantitative estimate of drug-likeness (QED) is 0.825. The van der Waals surface area contributed by atoms with Crippen molar-refractivity contribution < 1.29 is 5.11 Å². The molecule has 0 aliphatic carbocycles. The molecule has 1 atom stereocenters. The molecular formula is C10H10OS2. The van der Waals surface area contributed by atoms with Crippen LogP contribution in [0.5, 0.6) is 0 Å². The number of aliphatic hydroxyl groups is 1. The van der Waals surface area contributed by atoms with Crippen LogP contribution in [0.1, 0.15) is 17.2 Å². The minimum atomic E-state index is -0.346. The summed E-state index contributed by atoms with van der Waals surface area (Å²) in [4.78, 5) is 0. The molecule has 2 aromatic heterocycles. The van der Waals surface area contributed by atoms with Crippen molar-refractivity contribution in [1.29, 1.82) is 0 Å². The molecule has 0 bridgehead atoms. The van der Waals surface area contributed by atoms with Crippen LogP contribution in [0.15, 0.2) is 33.7 Å². The fraction of sp³-hybridized carbons (Fsp3) is 0.200. The molecule has 2 rings (SSSR count). The van der Waals surface area contributed by atoms with Gasteiger partial charge in [-0.3, -0.25) is 0 Å². The van der Waals surface area contributed by atoms with E-state index < -0.39 is 0 Å². The maximum absolute atomic E-state index is 9.79. The van der Waals surface area contributed by atoms with E-state index in [0.29, 0.717) is 0 Å². The molecule has 0 aliphatic heterocycles.